The largest absolute Gasteiger partial charge is 0.364 e. The quantitative estimate of drug-likeness (QED) is 0.912. The fraction of sp³-hybridized carbons (Fsp3) is 0.562. The fourth-order valence-electron chi connectivity index (χ4n) is 3.15. The normalized spacial score (nSPS) is 24.9. The number of benzene rings is 1. The maximum absolute atomic E-state index is 12.7. The van der Waals surface area contributed by atoms with Crippen LogP contribution in [0.3, 0.4) is 0 Å². The summed E-state index contributed by atoms with van der Waals surface area (Å²) >= 11 is 0. The molecule has 2 aliphatic rings. The molecule has 1 fully saturated rings. The van der Waals surface area contributed by atoms with Gasteiger partial charge >= 0.3 is 0 Å². The van der Waals surface area contributed by atoms with Crippen LogP contribution in [0.2, 0.25) is 0 Å². The minimum absolute atomic E-state index is 0. The van der Waals surface area contributed by atoms with Gasteiger partial charge in [-0.05, 0) is 43.7 Å². The molecular formula is C16H23ClN2O2. The number of nitrogens with zero attached hydrogens (tertiary/aromatic N) is 1. The molecule has 0 radical (unpaired) electrons. The Morgan fingerprint density at radius 1 is 1.29 bits per heavy atom. The first kappa shape index (κ1) is 16.3. The third kappa shape index (κ3) is 3.39. The molecule has 5 heteroatoms. The van der Waals surface area contributed by atoms with E-state index in [-0.39, 0.29) is 30.5 Å². The van der Waals surface area contributed by atoms with Crippen LogP contribution in [0.15, 0.2) is 24.3 Å². The lowest BCUT2D eigenvalue weighted by Gasteiger charge is -2.25. The minimum Gasteiger partial charge on any atom is -0.364 e. The van der Waals surface area contributed by atoms with Gasteiger partial charge in [0, 0.05) is 18.8 Å². The SMILES string of the molecule is Cl.NC[C@H]1CC[C@@H](C(=O)N2CCCCc3ccccc32)O1. The van der Waals surface area contributed by atoms with Gasteiger partial charge in [-0.15, -0.1) is 12.4 Å². The number of hydrogen-bond donors (Lipinski definition) is 1. The third-order valence-electron chi connectivity index (χ3n) is 4.27. The Morgan fingerprint density at radius 2 is 2.10 bits per heavy atom. The standard InChI is InChI=1S/C16H22N2O2.ClH/c17-11-13-8-9-15(20-13)16(19)18-10-4-3-6-12-5-1-2-7-14(12)18;/h1-2,5,7,13,15H,3-4,6,8-11,17H2;1H/t13-,15+;/m1./s1. The van der Waals surface area contributed by atoms with E-state index in [0.29, 0.717) is 6.54 Å². The number of carbonyl (C=O) groups excluding carboxylic acids is 1. The van der Waals surface area contributed by atoms with Gasteiger partial charge in [-0.3, -0.25) is 4.79 Å². The van der Waals surface area contributed by atoms with Gasteiger partial charge in [0.2, 0.25) is 0 Å². The Labute approximate surface area is 132 Å². The van der Waals surface area contributed by atoms with Crippen LogP contribution in [-0.4, -0.2) is 31.2 Å². The monoisotopic (exact) mass is 310 g/mol. The molecule has 0 aromatic heterocycles. The van der Waals surface area contributed by atoms with Gasteiger partial charge in [0.15, 0.2) is 0 Å². The summed E-state index contributed by atoms with van der Waals surface area (Å²) in [5.41, 5.74) is 7.96. The van der Waals surface area contributed by atoms with Gasteiger partial charge in [-0.2, -0.15) is 0 Å². The predicted molar refractivity (Wildman–Crippen MR) is 85.9 cm³/mol. The molecule has 1 amide bonds. The van der Waals surface area contributed by atoms with Gasteiger partial charge in [-0.25, -0.2) is 0 Å². The highest BCUT2D eigenvalue weighted by Gasteiger charge is 2.34. The van der Waals surface area contributed by atoms with E-state index in [0.717, 1.165) is 44.3 Å². The molecule has 2 aliphatic heterocycles. The number of para-hydroxylation sites is 1. The zero-order valence-corrected chi connectivity index (χ0v) is 13.0. The summed E-state index contributed by atoms with van der Waals surface area (Å²) in [4.78, 5) is 14.7. The minimum atomic E-state index is -0.310. The Kier molecular flexibility index (Phi) is 5.62. The average molecular weight is 311 g/mol. The summed E-state index contributed by atoms with van der Waals surface area (Å²) in [6.45, 7) is 1.30. The molecule has 1 aromatic rings. The summed E-state index contributed by atoms with van der Waals surface area (Å²) < 4.78 is 5.77. The maximum atomic E-state index is 12.7. The highest BCUT2D eigenvalue weighted by molar-refractivity contribution is 5.97. The van der Waals surface area contributed by atoms with E-state index in [9.17, 15) is 4.79 Å². The molecular weight excluding hydrogens is 288 g/mol. The molecule has 0 bridgehead atoms. The molecule has 2 atom stereocenters. The summed E-state index contributed by atoms with van der Waals surface area (Å²) in [5, 5.41) is 0. The molecule has 2 heterocycles. The van der Waals surface area contributed by atoms with Crippen LogP contribution in [-0.2, 0) is 16.0 Å². The van der Waals surface area contributed by atoms with Crippen LogP contribution in [0, 0.1) is 0 Å². The zero-order valence-electron chi connectivity index (χ0n) is 12.2. The number of carbonyl (C=O) groups is 1. The van der Waals surface area contributed by atoms with Crippen molar-refractivity contribution < 1.29 is 9.53 Å². The number of ether oxygens (including phenoxy) is 1. The van der Waals surface area contributed by atoms with Crippen LogP contribution in [0.25, 0.3) is 0 Å². The van der Waals surface area contributed by atoms with Gasteiger partial charge in [0.1, 0.15) is 6.10 Å². The number of amides is 1. The topological polar surface area (TPSA) is 55.6 Å². The van der Waals surface area contributed by atoms with E-state index in [2.05, 4.69) is 6.07 Å². The van der Waals surface area contributed by atoms with Gasteiger partial charge in [0.05, 0.1) is 6.10 Å². The van der Waals surface area contributed by atoms with Crippen LogP contribution in [0.4, 0.5) is 5.69 Å². The van der Waals surface area contributed by atoms with Crippen LogP contribution in [0.1, 0.15) is 31.2 Å². The maximum Gasteiger partial charge on any atom is 0.256 e. The molecule has 0 aliphatic carbocycles. The smallest absolute Gasteiger partial charge is 0.256 e. The number of anilines is 1. The Hall–Kier alpha value is -1.10. The highest BCUT2D eigenvalue weighted by Crippen LogP contribution is 2.29. The van der Waals surface area contributed by atoms with Gasteiger partial charge in [-0.1, -0.05) is 18.2 Å². The molecule has 0 saturated carbocycles. The molecule has 0 spiro atoms. The third-order valence-corrected chi connectivity index (χ3v) is 4.27. The lowest BCUT2D eigenvalue weighted by Crippen LogP contribution is -2.40. The molecule has 1 saturated heterocycles. The van der Waals surface area contributed by atoms with Gasteiger partial charge in [0.25, 0.3) is 5.91 Å². The van der Waals surface area contributed by atoms with E-state index in [1.165, 1.54) is 5.56 Å². The van der Waals surface area contributed by atoms with Crippen molar-refractivity contribution in [2.24, 2.45) is 5.73 Å². The zero-order chi connectivity index (χ0) is 13.9. The van der Waals surface area contributed by atoms with Crippen LogP contribution in [0.5, 0.6) is 0 Å². The molecule has 0 unspecified atom stereocenters. The summed E-state index contributed by atoms with van der Waals surface area (Å²) in [5.74, 6) is 0.107. The number of hydrogen-bond acceptors (Lipinski definition) is 3. The number of halogens is 1. The first-order valence-electron chi connectivity index (χ1n) is 7.54. The molecule has 3 rings (SSSR count). The number of rotatable bonds is 2. The van der Waals surface area contributed by atoms with E-state index < -0.39 is 0 Å². The molecule has 21 heavy (non-hydrogen) atoms. The second-order valence-electron chi connectivity index (χ2n) is 5.64. The summed E-state index contributed by atoms with van der Waals surface area (Å²) in [7, 11) is 0. The van der Waals surface area contributed by atoms with Crippen LogP contribution < -0.4 is 10.6 Å². The number of aryl methyl sites for hydroxylation is 1. The highest BCUT2D eigenvalue weighted by atomic mass is 35.5. The lowest BCUT2D eigenvalue weighted by atomic mass is 10.1. The van der Waals surface area contributed by atoms with Crippen molar-refractivity contribution in [3.05, 3.63) is 29.8 Å². The van der Waals surface area contributed by atoms with Crippen LogP contribution >= 0.6 is 12.4 Å². The number of fused-ring (bicyclic) bond motifs is 1. The van der Waals surface area contributed by atoms with E-state index in [1.807, 2.05) is 23.1 Å². The Morgan fingerprint density at radius 3 is 2.86 bits per heavy atom. The van der Waals surface area contributed by atoms with Crippen molar-refractivity contribution in [3.63, 3.8) is 0 Å². The number of nitrogens with two attached hydrogens (primary N) is 1. The van der Waals surface area contributed by atoms with E-state index in [1.54, 1.807) is 0 Å². The molecule has 4 nitrogen and oxygen atoms in total. The first-order chi connectivity index (χ1) is 9.79. The summed E-state index contributed by atoms with van der Waals surface area (Å²) in [6, 6.07) is 8.22. The molecule has 1 aromatic carbocycles. The summed E-state index contributed by atoms with van der Waals surface area (Å²) in [6.07, 6.45) is 4.66. The Balaban J connectivity index is 0.00000161. The molecule has 2 N–H and O–H groups in total. The van der Waals surface area contributed by atoms with Crippen molar-refractivity contribution in [3.8, 4) is 0 Å². The van der Waals surface area contributed by atoms with E-state index in [4.69, 9.17) is 10.5 Å². The van der Waals surface area contributed by atoms with Crippen molar-refractivity contribution in [2.75, 3.05) is 18.0 Å². The fourth-order valence-corrected chi connectivity index (χ4v) is 3.15. The van der Waals surface area contributed by atoms with E-state index >= 15 is 0 Å². The lowest BCUT2D eigenvalue weighted by molar-refractivity contribution is -0.129. The van der Waals surface area contributed by atoms with Crippen molar-refractivity contribution in [1.82, 2.24) is 0 Å². The second kappa shape index (κ2) is 7.25. The molecule has 116 valence electrons. The van der Waals surface area contributed by atoms with Crippen molar-refractivity contribution in [2.45, 2.75) is 44.3 Å². The first-order valence-corrected chi connectivity index (χ1v) is 7.54. The second-order valence-corrected chi connectivity index (χ2v) is 5.64. The van der Waals surface area contributed by atoms with Gasteiger partial charge < -0.3 is 15.4 Å². The average Bonchev–Trinajstić information content (AvgIpc) is 2.86. The van der Waals surface area contributed by atoms with Crippen molar-refractivity contribution >= 4 is 24.0 Å². The Bertz CT molecular complexity index is 495. The van der Waals surface area contributed by atoms with Crippen molar-refractivity contribution in [1.29, 1.82) is 0 Å². The predicted octanol–water partition coefficient (Wildman–Crippen LogP) is 2.28.